The Hall–Kier alpha value is -2.18. The molecule has 1 N–H and O–H groups in total. The molecule has 2 aliphatic rings. The average Bonchev–Trinajstić information content (AvgIpc) is 3.14. The summed E-state index contributed by atoms with van der Waals surface area (Å²) in [6.07, 6.45) is 0.810. The molecule has 7 heteroatoms. The molecule has 26 heavy (non-hydrogen) atoms. The van der Waals surface area contributed by atoms with Gasteiger partial charge >= 0.3 is 0 Å². The van der Waals surface area contributed by atoms with E-state index in [4.69, 9.17) is 16.3 Å². The summed E-state index contributed by atoms with van der Waals surface area (Å²) in [4.78, 5) is 27.4. The SMILES string of the molecule is CCOc1c(Cl)cccc1NC(=O)C12CCC(=O)N1c1ccccc1S2. The van der Waals surface area contributed by atoms with Crippen LogP contribution in [0.3, 0.4) is 0 Å². The molecule has 2 aromatic carbocycles. The Morgan fingerprint density at radius 2 is 2.12 bits per heavy atom. The van der Waals surface area contributed by atoms with Crippen molar-refractivity contribution in [1.29, 1.82) is 0 Å². The van der Waals surface area contributed by atoms with E-state index >= 15 is 0 Å². The van der Waals surface area contributed by atoms with Crippen LogP contribution in [0.15, 0.2) is 47.4 Å². The summed E-state index contributed by atoms with van der Waals surface area (Å²) < 4.78 is 5.59. The van der Waals surface area contributed by atoms with Gasteiger partial charge in [0.25, 0.3) is 5.91 Å². The van der Waals surface area contributed by atoms with Crippen molar-refractivity contribution in [3.8, 4) is 5.75 Å². The molecule has 2 heterocycles. The first kappa shape index (κ1) is 17.2. The lowest BCUT2D eigenvalue weighted by Gasteiger charge is -2.30. The maximum Gasteiger partial charge on any atom is 0.261 e. The lowest BCUT2D eigenvalue weighted by molar-refractivity contribution is -0.121. The van der Waals surface area contributed by atoms with Crippen LogP contribution in [0.2, 0.25) is 5.02 Å². The van der Waals surface area contributed by atoms with Crippen LogP contribution in [-0.2, 0) is 9.59 Å². The second-order valence-electron chi connectivity index (χ2n) is 6.09. The Morgan fingerprint density at radius 3 is 2.92 bits per heavy atom. The standard InChI is InChI=1S/C19H17ClN2O3S/c1-2-25-17-12(20)6-5-7-13(17)21-18(24)19-11-10-16(23)22(19)14-8-3-4-9-15(14)26-19/h3-9H,2,10-11H2,1H3,(H,21,24). The minimum Gasteiger partial charge on any atom is -0.490 e. The van der Waals surface area contributed by atoms with Crippen LogP contribution in [0, 0.1) is 0 Å². The van der Waals surface area contributed by atoms with Crippen LogP contribution in [-0.4, -0.2) is 23.3 Å². The fourth-order valence-electron chi connectivity index (χ4n) is 3.42. The maximum atomic E-state index is 13.3. The Balaban J connectivity index is 1.69. The van der Waals surface area contributed by atoms with E-state index in [1.165, 1.54) is 11.8 Å². The number of ether oxygens (including phenoxy) is 1. The summed E-state index contributed by atoms with van der Waals surface area (Å²) in [6, 6.07) is 12.8. The van der Waals surface area contributed by atoms with Gasteiger partial charge in [-0.05, 0) is 37.6 Å². The van der Waals surface area contributed by atoms with Gasteiger partial charge in [0.15, 0.2) is 10.6 Å². The highest BCUT2D eigenvalue weighted by atomic mass is 35.5. The van der Waals surface area contributed by atoms with Gasteiger partial charge in [0.1, 0.15) is 0 Å². The van der Waals surface area contributed by atoms with Gasteiger partial charge in [-0.1, -0.05) is 41.6 Å². The Bertz CT molecular complexity index is 904. The van der Waals surface area contributed by atoms with Gasteiger partial charge < -0.3 is 10.1 Å². The van der Waals surface area contributed by atoms with Gasteiger partial charge in [-0.15, -0.1) is 0 Å². The molecule has 134 valence electrons. The van der Waals surface area contributed by atoms with Crippen molar-refractivity contribution in [2.75, 3.05) is 16.8 Å². The molecule has 1 atom stereocenters. The second-order valence-corrected chi connectivity index (χ2v) is 7.81. The number of fused-ring (bicyclic) bond motifs is 3. The van der Waals surface area contributed by atoms with Crippen molar-refractivity contribution in [2.24, 2.45) is 0 Å². The maximum absolute atomic E-state index is 13.3. The fourth-order valence-corrected chi connectivity index (χ4v) is 5.06. The van der Waals surface area contributed by atoms with Gasteiger partial charge in [-0.25, -0.2) is 0 Å². The number of nitrogens with one attached hydrogen (secondary N) is 1. The minimum atomic E-state index is -0.966. The van der Waals surface area contributed by atoms with Crippen molar-refractivity contribution in [3.05, 3.63) is 47.5 Å². The highest BCUT2D eigenvalue weighted by molar-refractivity contribution is 8.02. The Morgan fingerprint density at radius 1 is 1.31 bits per heavy atom. The first-order valence-electron chi connectivity index (χ1n) is 8.40. The van der Waals surface area contributed by atoms with Crippen LogP contribution >= 0.6 is 23.4 Å². The van der Waals surface area contributed by atoms with E-state index in [0.717, 1.165) is 10.6 Å². The summed E-state index contributed by atoms with van der Waals surface area (Å²) in [5.74, 6) is 0.166. The lowest BCUT2D eigenvalue weighted by Crippen LogP contribution is -2.49. The molecule has 4 rings (SSSR count). The molecule has 1 saturated heterocycles. The molecular formula is C19H17ClN2O3S. The molecule has 2 amide bonds. The molecule has 2 aromatic rings. The molecule has 0 aromatic heterocycles. The zero-order chi connectivity index (χ0) is 18.3. The Kier molecular flexibility index (Phi) is 4.32. The molecule has 0 radical (unpaired) electrons. The number of carbonyl (C=O) groups excluding carboxylic acids is 2. The molecule has 5 nitrogen and oxygen atoms in total. The number of rotatable bonds is 4. The fraction of sp³-hybridized carbons (Fsp3) is 0.263. The quantitative estimate of drug-likeness (QED) is 0.848. The third-order valence-corrected chi connectivity index (χ3v) is 6.30. The monoisotopic (exact) mass is 388 g/mol. The van der Waals surface area contributed by atoms with Gasteiger partial charge in [0.05, 0.1) is 23.0 Å². The third kappa shape index (κ3) is 2.56. The normalized spacial score (nSPS) is 20.7. The van der Waals surface area contributed by atoms with E-state index in [1.807, 2.05) is 31.2 Å². The number of amides is 2. The number of para-hydroxylation sites is 2. The van der Waals surface area contributed by atoms with E-state index in [2.05, 4.69) is 5.32 Å². The van der Waals surface area contributed by atoms with Gasteiger partial charge in [-0.3, -0.25) is 14.5 Å². The minimum absolute atomic E-state index is 0.0336. The predicted molar refractivity (Wildman–Crippen MR) is 103 cm³/mol. The number of benzene rings is 2. The number of thioether (sulfide) groups is 1. The molecule has 1 fully saturated rings. The molecular weight excluding hydrogens is 372 g/mol. The van der Waals surface area contributed by atoms with Crippen LogP contribution in [0.4, 0.5) is 11.4 Å². The summed E-state index contributed by atoms with van der Waals surface area (Å²) in [5, 5.41) is 3.37. The van der Waals surface area contributed by atoms with E-state index < -0.39 is 4.87 Å². The van der Waals surface area contributed by atoms with Crippen molar-refractivity contribution in [3.63, 3.8) is 0 Å². The zero-order valence-corrected chi connectivity index (χ0v) is 15.7. The summed E-state index contributed by atoms with van der Waals surface area (Å²) in [7, 11) is 0. The zero-order valence-electron chi connectivity index (χ0n) is 14.1. The number of halogens is 1. The molecule has 0 spiro atoms. The highest BCUT2D eigenvalue weighted by Gasteiger charge is 2.57. The van der Waals surface area contributed by atoms with Gasteiger partial charge in [-0.2, -0.15) is 0 Å². The van der Waals surface area contributed by atoms with Crippen molar-refractivity contribution >= 4 is 46.6 Å². The summed E-state index contributed by atoms with van der Waals surface area (Å²) in [5.41, 5.74) is 1.31. The van der Waals surface area contributed by atoms with E-state index in [0.29, 0.717) is 35.9 Å². The first-order chi connectivity index (χ1) is 12.6. The average molecular weight is 389 g/mol. The predicted octanol–water partition coefficient (Wildman–Crippen LogP) is 4.31. The second kappa shape index (κ2) is 6.52. The van der Waals surface area contributed by atoms with Gasteiger partial charge in [0, 0.05) is 11.3 Å². The molecule has 0 saturated carbocycles. The number of hydrogen-bond acceptors (Lipinski definition) is 4. The molecule has 2 aliphatic heterocycles. The highest BCUT2D eigenvalue weighted by Crippen LogP contribution is 2.56. The number of hydrogen-bond donors (Lipinski definition) is 1. The van der Waals surface area contributed by atoms with Crippen LogP contribution in [0.25, 0.3) is 0 Å². The van der Waals surface area contributed by atoms with Crippen LogP contribution in [0.1, 0.15) is 19.8 Å². The molecule has 0 bridgehead atoms. The first-order valence-corrected chi connectivity index (χ1v) is 9.60. The lowest BCUT2D eigenvalue weighted by atomic mass is 10.1. The van der Waals surface area contributed by atoms with Crippen molar-refractivity contribution < 1.29 is 14.3 Å². The van der Waals surface area contributed by atoms with E-state index in [-0.39, 0.29) is 11.8 Å². The topological polar surface area (TPSA) is 58.6 Å². The number of nitrogens with zero attached hydrogens (tertiary/aromatic N) is 1. The van der Waals surface area contributed by atoms with Gasteiger partial charge in [0.2, 0.25) is 5.91 Å². The van der Waals surface area contributed by atoms with Crippen LogP contribution < -0.4 is 15.0 Å². The molecule has 1 unspecified atom stereocenters. The third-order valence-electron chi connectivity index (χ3n) is 4.53. The number of carbonyl (C=O) groups is 2. The van der Waals surface area contributed by atoms with Crippen molar-refractivity contribution in [1.82, 2.24) is 0 Å². The van der Waals surface area contributed by atoms with Crippen molar-refractivity contribution in [2.45, 2.75) is 29.5 Å². The smallest absolute Gasteiger partial charge is 0.261 e. The van der Waals surface area contributed by atoms with Crippen LogP contribution in [0.5, 0.6) is 5.75 Å². The Labute approximate surface area is 160 Å². The summed E-state index contributed by atoms with van der Waals surface area (Å²) >= 11 is 7.64. The summed E-state index contributed by atoms with van der Waals surface area (Å²) in [6.45, 7) is 2.29. The molecule has 0 aliphatic carbocycles. The number of anilines is 2. The van der Waals surface area contributed by atoms with E-state index in [1.54, 1.807) is 23.1 Å². The largest absolute Gasteiger partial charge is 0.490 e. The van der Waals surface area contributed by atoms with E-state index in [9.17, 15) is 9.59 Å².